The Kier molecular flexibility index (Phi) is 4.02. The molecular weight excluding hydrogens is 252 g/mol. The molecule has 1 aromatic rings. The van der Waals surface area contributed by atoms with E-state index in [1.165, 1.54) is 5.57 Å². The van der Waals surface area contributed by atoms with Crippen molar-refractivity contribution in [1.29, 1.82) is 0 Å². The summed E-state index contributed by atoms with van der Waals surface area (Å²) in [5, 5.41) is 0. The Bertz CT molecular complexity index is 530. The quantitative estimate of drug-likeness (QED) is 0.799. The standard InChI is InChI=1S/C16H22N2O2/c1-16(2,3)20-15(19)18-10-8-12(9-11-18)13-6-4-5-7-14(13)17/h4-8H,9-11,17H2,1-3H3. The molecule has 1 aliphatic rings. The van der Waals surface area contributed by atoms with Crippen LogP contribution in [0.1, 0.15) is 32.8 Å². The molecular formula is C16H22N2O2. The largest absolute Gasteiger partial charge is 0.444 e. The van der Waals surface area contributed by atoms with Crippen LogP contribution in [0.15, 0.2) is 30.3 Å². The van der Waals surface area contributed by atoms with E-state index in [-0.39, 0.29) is 6.09 Å². The highest BCUT2D eigenvalue weighted by Crippen LogP contribution is 2.27. The average Bonchev–Trinajstić information content (AvgIpc) is 2.37. The Balaban J connectivity index is 2.04. The summed E-state index contributed by atoms with van der Waals surface area (Å²) in [6.07, 6.45) is 2.60. The van der Waals surface area contributed by atoms with E-state index in [9.17, 15) is 4.79 Å². The van der Waals surface area contributed by atoms with E-state index in [0.717, 1.165) is 17.7 Å². The van der Waals surface area contributed by atoms with E-state index in [0.29, 0.717) is 13.1 Å². The molecule has 0 aliphatic carbocycles. The zero-order valence-corrected chi connectivity index (χ0v) is 12.3. The van der Waals surface area contributed by atoms with Crippen LogP contribution in [0.5, 0.6) is 0 Å². The van der Waals surface area contributed by atoms with Crippen molar-refractivity contribution in [2.45, 2.75) is 32.8 Å². The summed E-state index contributed by atoms with van der Waals surface area (Å²) >= 11 is 0. The third kappa shape index (κ3) is 3.53. The van der Waals surface area contributed by atoms with Crippen molar-refractivity contribution in [3.8, 4) is 0 Å². The lowest BCUT2D eigenvalue weighted by Gasteiger charge is -2.29. The lowest BCUT2D eigenvalue weighted by atomic mass is 9.98. The summed E-state index contributed by atoms with van der Waals surface area (Å²) in [5.74, 6) is 0. The van der Waals surface area contributed by atoms with Crippen LogP contribution in [0.2, 0.25) is 0 Å². The number of carbonyl (C=O) groups is 1. The van der Waals surface area contributed by atoms with Crippen LogP contribution < -0.4 is 5.73 Å². The van der Waals surface area contributed by atoms with Gasteiger partial charge in [-0.15, -0.1) is 0 Å². The molecule has 0 radical (unpaired) electrons. The second kappa shape index (κ2) is 5.57. The van der Waals surface area contributed by atoms with Gasteiger partial charge in [0.15, 0.2) is 0 Å². The third-order valence-electron chi connectivity index (χ3n) is 3.17. The molecule has 0 saturated heterocycles. The topological polar surface area (TPSA) is 55.6 Å². The second-order valence-corrected chi connectivity index (χ2v) is 5.99. The monoisotopic (exact) mass is 274 g/mol. The zero-order valence-electron chi connectivity index (χ0n) is 12.3. The van der Waals surface area contributed by atoms with Crippen molar-refractivity contribution >= 4 is 17.4 Å². The molecule has 1 aliphatic heterocycles. The molecule has 0 saturated carbocycles. The number of hydrogen-bond donors (Lipinski definition) is 1. The van der Waals surface area contributed by atoms with E-state index in [1.807, 2.05) is 45.0 Å². The first-order valence-electron chi connectivity index (χ1n) is 6.88. The third-order valence-corrected chi connectivity index (χ3v) is 3.17. The van der Waals surface area contributed by atoms with Crippen LogP contribution in [0.25, 0.3) is 5.57 Å². The fourth-order valence-corrected chi connectivity index (χ4v) is 2.20. The number of ether oxygens (including phenoxy) is 1. The van der Waals surface area contributed by atoms with E-state index in [2.05, 4.69) is 6.08 Å². The second-order valence-electron chi connectivity index (χ2n) is 5.99. The number of anilines is 1. The van der Waals surface area contributed by atoms with Gasteiger partial charge in [0.05, 0.1) is 0 Å². The molecule has 0 unspecified atom stereocenters. The Morgan fingerprint density at radius 2 is 2.00 bits per heavy atom. The van der Waals surface area contributed by atoms with Crippen molar-refractivity contribution in [2.24, 2.45) is 0 Å². The van der Waals surface area contributed by atoms with Crippen LogP contribution in [0.4, 0.5) is 10.5 Å². The van der Waals surface area contributed by atoms with Crippen LogP contribution in [0, 0.1) is 0 Å². The van der Waals surface area contributed by atoms with Crippen molar-refractivity contribution < 1.29 is 9.53 Å². The lowest BCUT2D eigenvalue weighted by Crippen LogP contribution is -2.39. The van der Waals surface area contributed by atoms with Crippen LogP contribution in [-0.4, -0.2) is 29.7 Å². The Morgan fingerprint density at radius 3 is 2.55 bits per heavy atom. The molecule has 4 heteroatoms. The Morgan fingerprint density at radius 1 is 1.30 bits per heavy atom. The zero-order chi connectivity index (χ0) is 14.8. The first-order chi connectivity index (χ1) is 9.37. The molecule has 0 spiro atoms. The van der Waals surface area contributed by atoms with Gasteiger partial charge in [0.25, 0.3) is 0 Å². The SMILES string of the molecule is CC(C)(C)OC(=O)N1CC=C(c2ccccc2N)CC1. The number of carbonyl (C=O) groups excluding carboxylic acids is 1. The van der Waals surface area contributed by atoms with Gasteiger partial charge in [-0.2, -0.15) is 0 Å². The summed E-state index contributed by atoms with van der Waals surface area (Å²) < 4.78 is 5.37. The summed E-state index contributed by atoms with van der Waals surface area (Å²) in [6, 6.07) is 7.82. The van der Waals surface area contributed by atoms with E-state index in [4.69, 9.17) is 10.5 Å². The van der Waals surface area contributed by atoms with Gasteiger partial charge in [-0.3, -0.25) is 0 Å². The minimum Gasteiger partial charge on any atom is -0.444 e. The number of nitrogens with two attached hydrogens (primary N) is 1. The summed E-state index contributed by atoms with van der Waals surface area (Å²) in [4.78, 5) is 13.7. The van der Waals surface area contributed by atoms with Crippen molar-refractivity contribution in [1.82, 2.24) is 4.90 Å². The van der Waals surface area contributed by atoms with E-state index in [1.54, 1.807) is 4.90 Å². The number of nitrogens with zero attached hydrogens (tertiary/aromatic N) is 1. The molecule has 0 aromatic heterocycles. The maximum atomic E-state index is 12.0. The highest BCUT2D eigenvalue weighted by Gasteiger charge is 2.24. The van der Waals surface area contributed by atoms with Crippen molar-refractivity contribution in [3.63, 3.8) is 0 Å². The first-order valence-corrected chi connectivity index (χ1v) is 6.88. The number of rotatable bonds is 1. The minimum absolute atomic E-state index is 0.256. The molecule has 20 heavy (non-hydrogen) atoms. The predicted octanol–water partition coefficient (Wildman–Crippen LogP) is 3.29. The van der Waals surface area contributed by atoms with Gasteiger partial charge in [-0.05, 0) is 38.8 Å². The molecule has 0 atom stereocenters. The molecule has 0 fully saturated rings. The van der Waals surface area contributed by atoms with Crippen molar-refractivity contribution in [3.05, 3.63) is 35.9 Å². The van der Waals surface area contributed by atoms with Crippen LogP contribution in [0.3, 0.4) is 0 Å². The maximum Gasteiger partial charge on any atom is 0.410 e. The normalized spacial score (nSPS) is 15.8. The molecule has 4 nitrogen and oxygen atoms in total. The van der Waals surface area contributed by atoms with E-state index >= 15 is 0 Å². The van der Waals surface area contributed by atoms with Crippen molar-refractivity contribution in [2.75, 3.05) is 18.8 Å². The lowest BCUT2D eigenvalue weighted by molar-refractivity contribution is 0.0270. The van der Waals surface area contributed by atoms with E-state index < -0.39 is 5.60 Å². The van der Waals surface area contributed by atoms with Gasteiger partial charge in [0.1, 0.15) is 5.60 Å². The Labute approximate surface area is 120 Å². The molecule has 108 valence electrons. The fourth-order valence-electron chi connectivity index (χ4n) is 2.20. The van der Waals surface area contributed by atoms with Gasteiger partial charge in [-0.25, -0.2) is 4.79 Å². The summed E-state index contributed by atoms with van der Waals surface area (Å²) in [7, 11) is 0. The molecule has 0 bridgehead atoms. The first kappa shape index (κ1) is 14.4. The number of para-hydroxylation sites is 1. The number of amides is 1. The van der Waals surface area contributed by atoms with Gasteiger partial charge < -0.3 is 15.4 Å². The fraction of sp³-hybridized carbons (Fsp3) is 0.438. The van der Waals surface area contributed by atoms with Crippen LogP contribution in [-0.2, 0) is 4.74 Å². The van der Waals surface area contributed by atoms with Crippen LogP contribution >= 0.6 is 0 Å². The molecule has 1 heterocycles. The number of hydrogen-bond acceptors (Lipinski definition) is 3. The maximum absolute atomic E-state index is 12.0. The summed E-state index contributed by atoms with van der Waals surface area (Å²) in [5.41, 5.74) is 8.57. The molecule has 1 amide bonds. The Hall–Kier alpha value is -1.97. The highest BCUT2D eigenvalue weighted by atomic mass is 16.6. The minimum atomic E-state index is -0.453. The predicted molar refractivity (Wildman–Crippen MR) is 81.3 cm³/mol. The molecule has 2 rings (SSSR count). The molecule has 1 aromatic carbocycles. The van der Waals surface area contributed by atoms with Gasteiger partial charge in [0.2, 0.25) is 0 Å². The molecule has 2 N–H and O–H groups in total. The summed E-state index contributed by atoms with van der Waals surface area (Å²) in [6.45, 7) is 6.86. The van der Waals surface area contributed by atoms with Gasteiger partial charge >= 0.3 is 6.09 Å². The van der Waals surface area contributed by atoms with Gasteiger partial charge in [0, 0.05) is 24.3 Å². The number of benzene rings is 1. The number of nitrogen functional groups attached to an aromatic ring is 1. The van der Waals surface area contributed by atoms with Gasteiger partial charge in [-0.1, -0.05) is 24.3 Å². The highest BCUT2D eigenvalue weighted by molar-refractivity contribution is 5.77. The smallest absolute Gasteiger partial charge is 0.410 e. The average molecular weight is 274 g/mol.